The fourth-order valence-electron chi connectivity index (χ4n) is 1.38. The summed E-state index contributed by atoms with van der Waals surface area (Å²) in [6.45, 7) is 12.1. The average Bonchev–Trinajstić information content (AvgIpc) is 2.70. The third kappa shape index (κ3) is 6.10. The molecular formula is C13H26N4S2. The van der Waals surface area contributed by atoms with Gasteiger partial charge in [0.05, 0.1) is 0 Å². The van der Waals surface area contributed by atoms with Gasteiger partial charge in [-0.1, -0.05) is 36.9 Å². The van der Waals surface area contributed by atoms with Crippen LogP contribution in [0.2, 0.25) is 0 Å². The molecule has 0 radical (unpaired) electrons. The Kier molecular flexibility index (Phi) is 6.08. The largest absolute Gasteiger partial charge is 0.353 e. The van der Waals surface area contributed by atoms with Gasteiger partial charge >= 0.3 is 0 Å². The van der Waals surface area contributed by atoms with Crippen molar-refractivity contribution in [1.29, 1.82) is 0 Å². The van der Waals surface area contributed by atoms with E-state index in [2.05, 4.69) is 50.1 Å². The van der Waals surface area contributed by atoms with E-state index in [-0.39, 0.29) is 5.54 Å². The molecule has 19 heavy (non-hydrogen) atoms. The maximum Gasteiger partial charge on any atom is 0.208 e. The summed E-state index contributed by atoms with van der Waals surface area (Å²) in [5.74, 6) is 0.603. The van der Waals surface area contributed by atoms with E-state index < -0.39 is 0 Å². The van der Waals surface area contributed by atoms with Gasteiger partial charge in [-0.2, -0.15) is 0 Å². The first-order valence-electron chi connectivity index (χ1n) is 6.61. The Bertz CT molecular complexity index is 382. The van der Waals surface area contributed by atoms with Crippen molar-refractivity contribution >= 4 is 28.2 Å². The van der Waals surface area contributed by atoms with Gasteiger partial charge < -0.3 is 10.2 Å². The summed E-state index contributed by atoms with van der Waals surface area (Å²) in [5, 5.41) is 13.5. The molecule has 6 heteroatoms. The predicted molar refractivity (Wildman–Crippen MR) is 86.5 cm³/mol. The van der Waals surface area contributed by atoms with Crippen molar-refractivity contribution in [2.75, 3.05) is 25.5 Å². The Hall–Kier alpha value is -0.330. The van der Waals surface area contributed by atoms with Crippen LogP contribution in [0.4, 0.5) is 5.13 Å². The third-order valence-electron chi connectivity index (χ3n) is 2.61. The maximum atomic E-state index is 4.27. The Balaban J connectivity index is 2.62. The lowest BCUT2D eigenvalue weighted by molar-refractivity contribution is 0.408. The van der Waals surface area contributed by atoms with E-state index in [1.54, 1.807) is 11.3 Å². The lowest BCUT2D eigenvalue weighted by Gasteiger charge is -2.26. The van der Waals surface area contributed by atoms with Crippen molar-refractivity contribution in [1.82, 2.24) is 15.5 Å². The highest BCUT2D eigenvalue weighted by molar-refractivity contribution is 8.01. The van der Waals surface area contributed by atoms with Gasteiger partial charge in [0.15, 0.2) is 4.34 Å². The Morgan fingerprint density at radius 1 is 1.26 bits per heavy atom. The molecule has 0 amide bonds. The molecule has 0 saturated carbocycles. The van der Waals surface area contributed by atoms with E-state index in [9.17, 15) is 0 Å². The molecule has 0 aromatic carbocycles. The summed E-state index contributed by atoms with van der Waals surface area (Å²) in [6, 6.07) is 0. The zero-order valence-corrected chi connectivity index (χ0v) is 14.7. The van der Waals surface area contributed by atoms with E-state index in [0.717, 1.165) is 16.0 Å². The summed E-state index contributed by atoms with van der Waals surface area (Å²) >= 11 is 3.49. The predicted octanol–water partition coefficient (Wildman–Crippen LogP) is 3.11. The van der Waals surface area contributed by atoms with Gasteiger partial charge in [-0.3, -0.25) is 0 Å². The minimum atomic E-state index is 0.156. The van der Waals surface area contributed by atoms with Crippen LogP contribution in [0.1, 0.15) is 34.6 Å². The molecule has 1 unspecified atom stereocenters. The number of thioether (sulfide) groups is 1. The van der Waals surface area contributed by atoms with Gasteiger partial charge in [0.1, 0.15) is 0 Å². The number of nitrogens with zero attached hydrogens (tertiary/aromatic N) is 3. The quantitative estimate of drug-likeness (QED) is 0.818. The second kappa shape index (κ2) is 6.90. The molecule has 0 aliphatic rings. The molecule has 0 spiro atoms. The van der Waals surface area contributed by atoms with Gasteiger partial charge in [0, 0.05) is 31.4 Å². The SMILES string of the molecule is CC(C)C(CNC(C)(C)C)Sc1nnc(N(C)C)s1. The summed E-state index contributed by atoms with van der Waals surface area (Å²) in [5.41, 5.74) is 0.156. The molecule has 1 atom stereocenters. The number of rotatable bonds is 6. The highest BCUT2D eigenvalue weighted by atomic mass is 32.2. The molecule has 0 fully saturated rings. The molecule has 0 saturated heterocycles. The number of anilines is 1. The fourth-order valence-corrected chi connectivity index (χ4v) is 3.46. The lowest BCUT2D eigenvalue weighted by Crippen LogP contribution is -2.41. The van der Waals surface area contributed by atoms with Crippen molar-refractivity contribution < 1.29 is 0 Å². The molecule has 1 N–H and O–H groups in total. The number of hydrogen-bond acceptors (Lipinski definition) is 6. The van der Waals surface area contributed by atoms with E-state index in [1.165, 1.54) is 0 Å². The van der Waals surface area contributed by atoms with Crippen LogP contribution < -0.4 is 10.2 Å². The first-order valence-corrected chi connectivity index (χ1v) is 8.31. The third-order valence-corrected chi connectivity index (χ3v) is 5.33. The van der Waals surface area contributed by atoms with E-state index in [4.69, 9.17) is 0 Å². The summed E-state index contributed by atoms with van der Waals surface area (Å²) in [7, 11) is 3.99. The zero-order valence-electron chi connectivity index (χ0n) is 13.0. The molecule has 4 nitrogen and oxygen atoms in total. The van der Waals surface area contributed by atoms with Crippen LogP contribution in [0.3, 0.4) is 0 Å². The van der Waals surface area contributed by atoms with Crippen LogP contribution in [0.15, 0.2) is 4.34 Å². The van der Waals surface area contributed by atoms with Gasteiger partial charge in [0.25, 0.3) is 0 Å². The van der Waals surface area contributed by atoms with Crippen LogP contribution in [0.5, 0.6) is 0 Å². The molecule has 1 heterocycles. The average molecular weight is 303 g/mol. The summed E-state index contributed by atoms with van der Waals surface area (Å²) in [6.07, 6.45) is 0. The fraction of sp³-hybridized carbons (Fsp3) is 0.846. The number of aromatic nitrogens is 2. The minimum Gasteiger partial charge on any atom is -0.353 e. The zero-order chi connectivity index (χ0) is 14.6. The second-order valence-corrected chi connectivity index (χ2v) is 8.72. The van der Waals surface area contributed by atoms with Gasteiger partial charge in [0.2, 0.25) is 5.13 Å². The maximum absolute atomic E-state index is 4.27. The molecule has 0 aliphatic heterocycles. The second-order valence-electron chi connectivity index (χ2n) is 6.28. The number of hydrogen-bond donors (Lipinski definition) is 1. The van der Waals surface area contributed by atoms with Crippen molar-refractivity contribution in [3.63, 3.8) is 0 Å². The van der Waals surface area contributed by atoms with Crippen LogP contribution in [0.25, 0.3) is 0 Å². The highest BCUT2D eigenvalue weighted by Gasteiger charge is 2.20. The Morgan fingerprint density at radius 3 is 2.32 bits per heavy atom. The van der Waals surface area contributed by atoms with E-state index in [1.807, 2.05) is 30.8 Å². The molecule has 1 aromatic heterocycles. The monoisotopic (exact) mass is 302 g/mol. The van der Waals surface area contributed by atoms with Crippen molar-refractivity contribution in [2.24, 2.45) is 5.92 Å². The summed E-state index contributed by atoms with van der Waals surface area (Å²) in [4.78, 5) is 2.00. The van der Waals surface area contributed by atoms with Crippen molar-refractivity contribution in [3.8, 4) is 0 Å². The first-order chi connectivity index (χ1) is 8.69. The van der Waals surface area contributed by atoms with Crippen LogP contribution in [-0.2, 0) is 0 Å². The Morgan fingerprint density at radius 2 is 1.89 bits per heavy atom. The lowest BCUT2D eigenvalue weighted by atomic mass is 10.1. The van der Waals surface area contributed by atoms with Crippen molar-refractivity contribution in [3.05, 3.63) is 0 Å². The van der Waals surface area contributed by atoms with Gasteiger partial charge in [-0.15, -0.1) is 10.2 Å². The molecular weight excluding hydrogens is 276 g/mol. The minimum absolute atomic E-state index is 0.156. The molecule has 1 aromatic rings. The van der Waals surface area contributed by atoms with Crippen LogP contribution in [0, 0.1) is 5.92 Å². The van der Waals surface area contributed by atoms with Gasteiger partial charge in [-0.25, -0.2) is 0 Å². The standard InChI is InChI=1S/C13H26N4S2/c1-9(2)10(8-14-13(3,4)5)18-12-16-15-11(19-12)17(6)7/h9-10,14H,8H2,1-7H3. The molecule has 0 aliphatic carbocycles. The van der Waals surface area contributed by atoms with E-state index >= 15 is 0 Å². The van der Waals surface area contributed by atoms with Crippen LogP contribution in [-0.4, -0.2) is 41.6 Å². The van der Waals surface area contributed by atoms with E-state index in [0.29, 0.717) is 11.2 Å². The molecule has 0 bridgehead atoms. The molecule has 1 rings (SSSR count). The Labute approximate surface area is 125 Å². The summed E-state index contributed by atoms with van der Waals surface area (Å²) < 4.78 is 1.05. The van der Waals surface area contributed by atoms with Crippen molar-refractivity contribution in [2.45, 2.75) is 49.7 Å². The smallest absolute Gasteiger partial charge is 0.208 e. The molecule has 110 valence electrons. The van der Waals surface area contributed by atoms with Crippen LogP contribution >= 0.6 is 23.1 Å². The van der Waals surface area contributed by atoms with Gasteiger partial charge in [-0.05, 0) is 26.7 Å². The first kappa shape index (κ1) is 16.7. The highest BCUT2D eigenvalue weighted by Crippen LogP contribution is 2.32. The topological polar surface area (TPSA) is 41.1 Å². The normalized spacial score (nSPS) is 13.9. The number of nitrogens with one attached hydrogen (secondary N) is 1.